The summed E-state index contributed by atoms with van der Waals surface area (Å²) in [7, 11) is 0. The van der Waals surface area contributed by atoms with Gasteiger partial charge in [-0.2, -0.15) is 13.2 Å². The molecule has 0 atom stereocenters. The van der Waals surface area contributed by atoms with E-state index in [0.717, 1.165) is 17.8 Å². The maximum absolute atomic E-state index is 13.2. The van der Waals surface area contributed by atoms with Crippen molar-refractivity contribution in [1.29, 1.82) is 0 Å². The van der Waals surface area contributed by atoms with Crippen molar-refractivity contribution in [3.05, 3.63) is 131 Å². The number of nitrogens with one attached hydrogen (secondary N) is 3. The fraction of sp³-hybridized carbons (Fsp3) is 0.0645. The van der Waals surface area contributed by atoms with Gasteiger partial charge < -0.3 is 16.0 Å². The van der Waals surface area contributed by atoms with Crippen LogP contribution in [-0.2, 0) is 15.8 Å². The third-order valence-corrected chi connectivity index (χ3v) is 6.96. The highest BCUT2D eigenvalue weighted by Crippen LogP contribution is 2.34. The minimum atomic E-state index is -4.59. The van der Waals surface area contributed by atoms with E-state index in [1.54, 1.807) is 78.9 Å². The molecule has 0 radical (unpaired) electrons. The Morgan fingerprint density at radius 3 is 2.10 bits per heavy atom. The SMILES string of the molecule is O=C(CSc1ccc(NC(=O)/C(=C/c2ccc(Cl)cc2)NC(=O)c2ccccc2)cc1)Nc1ccccc1C(F)(F)F. The van der Waals surface area contributed by atoms with Crippen molar-refractivity contribution in [2.45, 2.75) is 11.1 Å². The fourth-order valence-corrected chi connectivity index (χ4v) is 4.50. The number of para-hydroxylation sites is 1. The Hall–Kier alpha value is -4.54. The lowest BCUT2D eigenvalue weighted by Crippen LogP contribution is -2.30. The number of amides is 3. The Labute approximate surface area is 249 Å². The van der Waals surface area contributed by atoms with Crippen LogP contribution in [0.4, 0.5) is 24.5 Å². The first-order chi connectivity index (χ1) is 20.1. The largest absolute Gasteiger partial charge is 0.418 e. The molecule has 0 unspecified atom stereocenters. The topological polar surface area (TPSA) is 87.3 Å². The summed E-state index contributed by atoms with van der Waals surface area (Å²) in [5.41, 5.74) is 0.202. The highest BCUT2D eigenvalue weighted by molar-refractivity contribution is 8.00. The number of carbonyl (C=O) groups excluding carboxylic acids is 3. The quantitative estimate of drug-likeness (QED) is 0.135. The van der Waals surface area contributed by atoms with E-state index in [2.05, 4.69) is 16.0 Å². The number of hydrogen-bond donors (Lipinski definition) is 3. The molecule has 0 aromatic heterocycles. The predicted octanol–water partition coefficient (Wildman–Crippen LogP) is 7.50. The maximum Gasteiger partial charge on any atom is 0.418 e. The van der Waals surface area contributed by atoms with E-state index in [9.17, 15) is 27.6 Å². The molecule has 0 spiro atoms. The van der Waals surface area contributed by atoms with Gasteiger partial charge in [0.15, 0.2) is 0 Å². The summed E-state index contributed by atoms with van der Waals surface area (Å²) in [6, 6.07) is 26.5. The van der Waals surface area contributed by atoms with E-state index in [1.165, 1.54) is 24.3 Å². The van der Waals surface area contributed by atoms with Crippen molar-refractivity contribution in [2.75, 3.05) is 16.4 Å². The van der Waals surface area contributed by atoms with Crippen molar-refractivity contribution in [3.8, 4) is 0 Å². The monoisotopic (exact) mass is 609 g/mol. The molecule has 0 aliphatic heterocycles. The Kier molecular flexibility index (Phi) is 10.1. The van der Waals surface area contributed by atoms with Gasteiger partial charge in [-0.15, -0.1) is 11.8 Å². The third-order valence-electron chi connectivity index (χ3n) is 5.70. The molecule has 0 saturated heterocycles. The van der Waals surface area contributed by atoms with Gasteiger partial charge in [0.05, 0.1) is 17.0 Å². The number of halogens is 4. The molecule has 0 aliphatic carbocycles. The molecule has 11 heteroatoms. The minimum Gasteiger partial charge on any atom is -0.325 e. The molecule has 4 rings (SSSR count). The van der Waals surface area contributed by atoms with Crippen LogP contribution in [0.3, 0.4) is 0 Å². The van der Waals surface area contributed by atoms with E-state index in [0.29, 0.717) is 26.7 Å². The van der Waals surface area contributed by atoms with Crippen LogP contribution in [0, 0.1) is 0 Å². The minimum absolute atomic E-state index is 0.000404. The Morgan fingerprint density at radius 1 is 0.786 bits per heavy atom. The summed E-state index contributed by atoms with van der Waals surface area (Å²) in [4.78, 5) is 38.9. The predicted molar refractivity (Wildman–Crippen MR) is 159 cm³/mol. The van der Waals surface area contributed by atoms with Crippen molar-refractivity contribution in [3.63, 3.8) is 0 Å². The average molecular weight is 610 g/mol. The lowest BCUT2D eigenvalue weighted by atomic mass is 10.1. The normalized spacial score (nSPS) is 11.5. The summed E-state index contributed by atoms with van der Waals surface area (Å²) in [6.45, 7) is 0. The molecule has 0 saturated carbocycles. The maximum atomic E-state index is 13.2. The summed E-state index contributed by atoms with van der Waals surface area (Å²) >= 11 is 7.08. The van der Waals surface area contributed by atoms with Gasteiger partial charge >= 0.3 is 6.18 Å². The summed E-state index contributed by atoms with van der Waals surface area (Å²) in [5, 5.41) is 8.21. The standard InChI is InChI=1S/C31H23ClF3N3O3S/c32-22-12-10-20(11-13-22)18-27(38-29(40)21-6-2-1-3-7-21)30(41)36-23-14-16-24(17-15-23)42-19-28(39)37-26-9-5-4-8-25(26)31(33,34)35/h1-18H,19H2,(H,36,41)(H,37,39)(H,38,40)/b27-18-. The van der Waals surface area contributed by atoms with E-state index >= 15 is 0 Å². The molecule has 3 amide bonds. The van der Waals surface area contributed by atoms with Gasteiger partial charge in [0, 0.05) is 21.2 Å². The van der Waals surface area contributed by atoms with Gasteiger partial charge in [0.1, 0.15) is 5.70 Å². The second kappa shape index (κ2) is 13.9. The van der Waals surface area contributed by atoms with Crippen molar-refractivity contribution in [2.24, 2.45) is 0 Å². The molecule has 4 aromatic rings. The molecule has 0 aliphatic rings. The zero-order valence-corrected chi connectivity index (χ0v) is 23.3. The third kappa shape index (κ3) is 8.73. The summed E-state index contributed by atoms with van der Waals surface area (Å²) < 4.78 is 39.5. The molecule has 0 fully saturated rings. The van der Waals surface area contributed by atoms with E-state index in [-0.39, 0.29) is 17.1 Å². The van der Waals surface area contributed by atoms with Gasteiger partial charge in [-0.25, -0.2) is 0 Å². The highest BCUT2D eigenvalue weighted by atomic mass is 35.5. The van der Waals surface area contributed by atoms with Crippen LogP contribution in [0.5, 0.6) is 0 Å². The van der Waals surface area contributed by atoms with E-state index in [1.807, 2.05) is 0 Å². The van der Waals surface area contributed by atoms with Crippen LogP contribution in [0.25, 0.3) is 6.08 Å². The van der Waals surface area contributed by atoms with Crippen LogP contribution in [0.1, 0.15) is 21.5 Å². The van der Waals surface area contributed by atoms with Crippen LogP contribution in [0.2, 0.25) is 5.02 Å². The first-order valence-corrected chi connectivity index (χ1v) is 13.8. The van der Waals surface area contributed by atoms with Crippen molar-refractivity contribution < 1.29 is 27.6 Å². The number of carbonyl (C=O) groups is 3. The summed E-state index contributed by atoms with van der Waals surface area (Å²) in [5.74, 6) is -1.76. The first kappa shape index (κ1) is 30.4. The first-order valence-electron chi connectivity index (χ1n) is 12.4. The Morgan fingerprint density at radius 2 is 1.43 bits per heavy atom. The van der Waals surface area contributed by atoms with Crippen molar-refractivity contribution >= 4 is 58.5 Å². The summed E-state index contributed by atoms with van der Waals surface area (Å²) in [6.07, 6.45) is -3.07. The Bertz CT molecular complexity index is 1590. The zero-order chi connectivity index (χ0) is 30.1. The van der Waals surface area contributed by atoms with Gasteiger partial charge in [0.25, 0.3) is 11.8 Å². The molecular weight excluding hydrogens is 587 g/mol. The second-order valence-corrected chi connectivity index (χ2v) is 10.3. The highest BCUT2D eigenvalue weighted by Gasteiger charge is 2.33. The molecule has 4 aromatic carbocycles. The number of hydrogen-bond acceptors (Lipinski definition) is 4. The smallest absolute Gasteiger partial charge is 0.325 e. The average Bonchev–Trinajstić information content (AvgIpc) is 2.97. The van der Waals surface area contributed by atoms with Gasteiger partial charge in [-0.05, 0) is 72.3 Å². The van der Waals surface area contributed by atoms with Crippen LogP contribution < -0.4 is 16.0 Å². The lowest BCUT2D eigenvalue weighted by molar-refractivity contribution is -0.137. The van der Waals surface area contributed by atoms with E-state index in [4.69, 9.17) is 11.6 Å². The lowest BCUT2D eigenvalue weighted by Gasteiger charge is -2.13. The molecule has 6 nitrogen and oxygen atoms in total. The number of thioether (sulfide) groups is 1. The number of rotatable bonds is 9. The second-order valence-electron chi connectivity index (χ2n) is 8.79. The van der Waals surface area contributed by atoms with Gasteiger partial charge in [-0.3, -0.25) is 14.4 Å². The molecule has 0 bridgehead atoms. The molecule has 42 heavy (non-hydrogen) atoms. The van der Waals surface area contributed by atoms with Crippen molar-refractivity contribution in [1.82, 2.24) is 5.32 Å². The fourth-order valence-electron chi connectivity index (χ4n) is 3.68. The van der Waals surface area contributed by atoms with Crippen LogP contribution in [0.15, 0.2) is 114 Å². The van der Waals surface area contributed by atoms with Crippen LogP contribution >= 0.6 is 23.4 Å². The van der Waals surface area contributed by atoms with Gasteiger partial charge in [0.2, 0.25) is 5.91 Å². The molecule has 214 valence electrons. The zero-order valence-electron chi connectivity index (χ0n) is 21.7. The molecular formula is C31H23ClF3N3O3S. The number of anilines is 2. The van der Waals surface area contributed by atoms with Gasteiger partial charge in [-0.1, -0.05) is 54.1 Å². The molecule has 0 heterocycles. The van der Waals surface area contributed by atoms with E-state index < -0.39 is 29.5 Å². The number of benzene rings is 4. The van der Waals surface area contributed by atoms with Crippen LogP contribution in [-0.4, -0.2) is 23.5 Å². The molecule has 3 N–H and O–H groups in total. The Balaban J connectivity index is 1.40. The number of alkyl halides is 3.